The van der Waals surface area contributed by atoms with Crippen LogP contribution in [0.3, 0.4) is 0 Å². The average Bonchev–Trinajstić information content (AvgIpc) is 2.36. The van der Waals surface area contributed by atoms with E-state index < -0.39 is 16.1 Å². The predicted octanol–water partition coefficient (Wildman–Crippen LogP) is 1.41. The lowest BCUT2D eigenvalue weighted by atomic mass is 10.0. The first-order valence-electron chi connectivity index (χ1n) is 6.36. The molecule has 1 atom stereocenters. The Morgan fingerprint density at radius 3 is 2.36 bits per heavy atom. The molecule has 0 aromatic heterocycles. The SMILES string of the molecule is COc1ccc(NC(=O)[C@@H](N)C(C)C)cc1NS(C)(=O)=O.Cl. The summed E-state index contributed by atoms with van der Waals surface area (Å²) in [5, 5.41) is 2.65. The molecule has 1 aromatic carbocycles. The zero-order valence-electron chi connectivity index (χ0n) is 12.9. The lowest BCUT2D eigenvalue weighted by molar-refractivity contribution is -0.118. The Bertz CT molecular complexity index is 620. The van der Waals surface area contributed by atoms with Gasteiger partial charge >= 0.3 is 0 Å². The van der Waals surface area contributed by atoms with Crippen LogP contribution >= 0.6 is 12.4 Å². The third kappa shape index (κ3) is 6.08. The predicted molar refractivity (Wildman–Crippen MR) is 90.2 cm³/mol. The Balaban J connectivity index is 0.00000441. The van der Waals surface area contributed by atoms with Crippen LogP contribution in [-0.2, 0) is 14.8 Å². The Labute approximate surface area is 137 Å². The van der Waals surface area contributed by atoms with Gasteiger partial charge in [-0.1, -0.05) is 13.8 Å². The van der Waals surface area contributed by atoms with Crippen LogP contribution in [0.15, 0.2) is 18.2 Å². The fourth-order valence-electron chi connectivity index (χ4n) is 1.59. The molecule has 0 aliphatic heterocycles. The highest BCUT2D eigenvalue weighted by molar-refractivity contribution is 7.92. The van der Waals surface area contributed by atoms with Gasteiger partial charge in [-0.25, -0.2) is 8.42 Å². The molecule has 0 bridgehead atoms. The van der Waals surface area contributed by atoms with Crippen molar-refractivity contribution in [1.82, 2.24) is 0 Å². The number of methoxy groups -OCH3 is 1. The number of benzene rings is 1. The summed E-state index contributed by atoms with van der Waals surface area (Å²) in [6, 6.07) is 4.00. The van der Waals surface area contributed by atoms with E-state index in [-0.39, 0.29) is 29.9 Å². The van der Waals surface area contributed by atoms with Crippen molar-refractivity contribution in [2.24, 2.45) is 11.7 Å². The summed E-state index contributed by atoms with van der Waals surface area (Å²) in [6.07, 6.45) is 1.03. The number of hydrogen-bond donors (Lipinski definition) is 3. The van der Waals surface area contributed by atoms with Crippen molar-refractivity contribution >= 4 is 39.7 Å². The molecular weight excluding hydrogens is 330 g/mol. The van der Waals surface area contributed by atoms with E-state index in [1.54, 1.807) is 12.1 Å². The van der Waals surface area contributed by atoms with Crippen molar-refractivity contribution in [1.29, 1.82) is 0 Å². The monoisotopic (exact) mass is 351 g/mol. The molecule has 126 valence electrons. The number of sulfonamides is 1. The second-order valence-corrected chi connectivity index (χ2v) is 6.80. The van der Waals surface area contributed by atoms with Crippen molar-refractivity contribution in [3.63, 3.8) is 0 Å². The quantitative estimate of drug-likeness (QED) is 0.717. The van der Waals surface area contributed by atoms with Gasteiger partial charge in [-0.3, -0.25) is 9.52 Å². The average molecular weight is 352 g/mol. The van der Waals surface area contributed by atoms with Gasteiger partial charge in [0.05, 0.1) is 25.1 Å². The lowest BCUT2D eigenvalue weighted by Crippen LogP contribution is -2.39. The fraction of sp³-hybridized carbons (Fsp3) is 0.462. The van der Waals surface area contributed by atoms with Crippen LogP contribution < -0.4 is 20.5 Å². The fourth-order valence-corrected chi connectivity index (χ4v) is 2.15. The van der Waals surface area contributed by atoms with Gasteiger partial charge in [0.15, 0.2) is 0 Å². The summed E-state index contributed by atoms with van der Waals surface area (Å²) in [6.45, 7) is 3.68. The first-order chi connectivity index (χ1) is 9.64. The van der Waals surface area contributed by atoms with Gasteiger partial charge in [0.2, 0.25) is 15.9 Å². The number of amides is 1. The number of ether oxygens (including phenoxy) is 1. The van der Waals surface area contributed by atoms with Crippen LogP contribution in [-0.4, -0.2) is 33.7 Å². The van der Waals surface area contributed by atoms with Crippen molar-refractivity contribution in [2.45, 2.75) is 19.9 Å². The molecule has 1 rings (SSSR count). The molecule has 0 spiro atoms. The Morgan fingerprint density at radius 1 is 1.32 bits per heavy atom. The summed E-state index contributed by atoms with van der Waals surface area (Å²) in [7, 11) is -2.03. The van der Waals surface area contributed by atoms with Gasteiger partial charge < -0.3 is 15.8 Å². The van der Waals surface area contributed by atoms with Gasteiger partial charge in [0, 0.05) is 5.69 Å². The van der Waals surface area contributed by atoms with E-state index in [1.165, 1.54) is 13.2 Å². The van der Waals surface area contributed by atoms with E-state index in [0.717, 1.165) is 6.26 Å². The number of nitrogens with one attached hydrogen (secondary N) is 2. The highest BCUT2D eigenvalue weighted by Crippen LogP contribution is 2.28. The van der Waals surface area contributed by atoms with Gasteiger partial charge in [0.25, 0.3) is 0 Å². The van der Waals surface area contributed by atoms with Crippen LogP contribution in [0.4, 0.5) is 11.4 Å². The van der Waals surface area contributed by atoms with E-state index in [4.69, 9.17) is 10.5 Å². The smallest absolute Gasteiger partial charge is 0.241 e. The van der Waals surface area contributed by atoms with E-state index in [0.29, 0.717) is 11.4 Å². The first kappa shape index (κ1) is 20.5. The van der Waals surface area contributed by atoms with Crippen molar-refractivity contribution in [2.75, 3.05) is 23.4 Å². The molecule has 0 fully saturated rings. The molecular formula is C13H22ClN3O4S. The Hall–Kier alpha value is -1.51. The minimum absolute atomic E-state index is 0. The van der Waals surface area contributed by atoms with Crippen molar-refractivity contribution < 1.29 is 17.9 Å². The summed E-state index contributed by atoms with van der Waals surface area (Å²) >= 11 is 0. The van der Waals surface area contributed by atoms with Crippen LogP contribution in [0.5, 0.6) is 5.75 Å². The summed E-state index contributed by atoms with van der Waals surface area (Å²) in [4.78, 5) is 11.9. The number of carbonyl (C=O) groups is 1. The molecule has 0 radical (unpaired) electrons. The number of anilines is 2. The van der Waals surface area contributed by atoms with Crippen molar-refractivity contribution in [3.8, 4) is 5.75 Å². The molecule has 0 saturated heterocycles. The minimum Gasteiger partial charge on any atom is -0.495 e. The Kier molecular flexibility index (Phi) is 7.65. The Morgan fingerprint density at radius 2 is 1.91 bits per heavy atom. The zero-order chi connectivity index (χ0) is 16.2. The van der Waals surface area contributed by atoms with E-state index in [9.17, 15) is 13.2 Å². The second-order valence-electron chi connectivity index (χ2n) is 5.05. The molecule has 1 aromatic rings. The number of carbonyl (C=O) groups excluding carboxylic acids is 1. The molecule has 7 nitrogen and oxygen atoms in total. The molecule has 9 heteroatoms. The zero-order valence-corrected chi connectivity index (χ0v) is 14.5. The highest BCUT2D eigenvalue weighted by atomic mass is 35.5. The normalized spacial score (nSPS) is 12.3. The van der Waals surface area contributed by atoms with Crippen LogP contribution in [0.1, 0.15) is 13.8 Å². The lowest BCUT2D eigenvalue weighted by Gasteiger charge is -2.16. The van der Waals surface area contributed by atoms with E-state index >= 15 is 0 Å². The van der Waals surface area contributed by atoms with Crippen LogP contribution in [0, 0.1) is 5.92 Å². The molecule has 0 aliphatic carbocycles. The number of hydrogen-bond acceptors (Lipinski definition) is 5. The topological polar surface area (TPSA) is 111 Å². The minimum atomic E-state index is -3.45. The second kappa shape index (κ2) is 8.21. The van der Waals surface area contributed by atoms with Crippen LogP contribution in [0.25, 0.3) is 0 Å². The third-order valence-electron chi connectivity index (χ3n) is 2.78. The molecule has 0 unspecified atom stereocenters. The summed E-state index contributed by atoms with van der Waals surface area (Å²) in [5.74, 6) is 0.0175. The van der Waals surface area contributed by atoms with Gasteiger partial charge in [0.1, 0.15) is 5.75 Å². The molecule has 4 N–H and O–H groups in total. The van der Waals surface area contributed by atoms with E-state index in [1.807, 2.05) is 13.8 Å². The van der Waals surface area contributed by atoms with Gasteiger partial charge in [-0.2, -0.15) is 0 Å². The molecule has 0 aliphatic rings. The summed E-state index contributed by atoms with van der Waals surface area (Å²) < 4.78 is 30.1. The van der Waals surface area contributed by atoms with Gasteiger partial charge in [-0.05, 0) is 24.1 Å². The molecule has 0 heterocycles. The maximum absolute atomic E-state index is 11.9. The first-order valence-corrected chi connectivity index (χ1v) is 8.25. The molecule has 22 heavy (non-hydrogen) atoms. The van der Waals surface area contributed by atoms with E-state index in [2.05, 4.69) is 10.0 Å². The number of rotatable bonds is 6. The highest BCUT2D eigenvalue weighted by Gasteiger charge is 2.18. The standard InChI is InChI=1S/C13H21N3O4S.ClH/c1-8(2)12(14)13(17)15-9-5-6-11(20-3)10(7-9)16-21(4,18)19;/h5-8,12,16H,14H2,1-4H3,(H,15,17);1H/t12-;/m0./s1. The molecule has 1 amide bonds. The van der Waals surface area contributed by atoms with Crippen LogP contribution in [0.2, 0.25) is 0 Å². The van der Waals surface area contributed by atoms with Gasteiger partial charge in [-0.15, -0.1) is 12.4 Å². The number of halogens is 1. The van der Waals surface area contributed by atoms with Crippen molar-refractivity contribution in [3.05, 3.63) is 18.2 Å². The maximum Gasteiger partial charge on any atom is 0.241 e. The number of nitrogens with two attached hydrogens (primary N) is 1. The molecule has 0 saturated carbocycles. The maximum atomic E-state index is 11.9. The largest absolute Gasteiger partial charge is 0.495 e. The summed E-state index contributed by atoms with van der Waals surface area (Å²) in [5.41, 5.74) is 6.44. The third-order valence-corrected chi connectivity index (χ3v) is 3.37.